The molecule has 25 heavy (non-hydrogen) atoms. The van der Waals surface area contributed by atoms with E-state index >= 15 is 0 Å². The number of benzene rings is 1. The maximum Gasteiger partial charge on any atom is 0.356 e. The highest BCUT2D eigenvalue weighted by molar-refractivity contribution is 5.92. The first-order chi connectivity index (χ1) is 11.8. The van der Waals surface area contributed by atoms with Crippen LogP contribution in [0.3, 0.4) is 0 Å². The van der Waals surface area contributed by atoms with Crippen LogP contribution < -0.4 is 0 Å². The van der Waals surface area contributed by atoms with E-state index in [0.717, 1.165) is 22.9 Å². The second kappa shape index (κ2) is 7.88. The fourth-order valence-electron chi connectivity index (χ4n) is 2.66. The number of carbonyl (C=O) groups is 2. The maximum absolute atomic E-state index is 12.9. The number of aryl methyl sites for hydroxylation is 2. The van der Waals surface area contributed by atoms with Crippen molar-refractivity contribution in [1.29, 1.82) is 0 Å². The first-order valence-corrected chi connectivity index (χ1v) is 8.19. The lowest BCUT2D eigenvalue weighted by atomic mass is 10.0. The zero-order valence-electron chi connectivity index (χ0n) is 15.0. The van der Waals surface area contributed by atoms with Gasteiger partial charge in [0.15, 0.2) is 5.69 Å². The summed E-state index contributed by atoms with van der Waals surface area (Å²) in [7, 11) is 0. The number of carboxylic acids is 1. The van der Waals surface area contributed by atoms with Crippen molar-refractivity contribution in [2.24, 2.45) is 5.92 Å². The molecule has 2 rings (SSSR count). The summed E-state index contributed by atoms with van der Waals surface area (Å²) >= 11 is 0. The smallest absolute Gasteiger partial charge is 0.356 e. The summed E-state index contributed by atoms with van der Waals surface area (Å²) in [5.41, 5.74) is 3.35. The zero-order chi connectivity index (χ0) is 18.6. The van der Waals surface area contributed by atoms with Crippen LogP contribution in [-0.2, 0) is 6.54 Å². The van der Waals surface area contributed by atoms with Crippen LogP contribution in [0.5, 0.6) is 0 Å². The molecule has 0 saturated carbocycles. The summed E-state index contributed by atoms with van der Waals surface area (Å²) in [6.45, 7) is 9.21. The summed E-state index contributed by atoms with van der Waals surface area (Å²) in [5.74, 6) is -1.12. The van der Waals surface area contributed by atoms with Crippen LogP contribution in [0.15, 0.2) is 30.6 Å². The Labute approximate surface area is 147 Å². The highest BCUT2D eigenvalue weighted by Gasteiger charge is 2.21. The van der Waals surface area contributed by atoms with Crippen molar-refractivity contribution in [2.75, 3.05) is 6.54 Å². The predicted molar refractivity (Wildman–Crippen MR) is 94.5 cm³/mol. The minimum Gasteiger partial charge on any atom is -0.476 e. The first-order valence-electron chi connectivity index (χ1n) is 8.19. The molecule has 0 unspecified atom stereocenters. The lowest BCUT2D eigenvalue weighted by Crippen LogP contribution is -2.35. The van der Waals surface area contributed by atoms with Crippen molar-refractivity contribution in [2.45, 2.75) is 34.2 Å². The van der Waals surface area contributed by atoms with E-state index in [9.17, 15) is 9.59 Å². The Kier molecular flexibility index (Phi) is 5.85. The van der Waals surface area contributed by atoms with Crippen LogP contribution in [0.2, 0.25) is 0 Å². The van der Waals surface area contributed by atoms with Crippen molar-refractivity contribution < 1.29 is 14.7 Å². The molecule has 2 aromatic rings. The van der Waals surface area contributed by atoms with Crippen molar-refractivity contribution in [3.8, 4) is 0 Å². The summed E-state index contributed by atoms with van der Waals surface area (Å²) in [6.07, 6.45) is 2.34. The molecule has 1 aromatic carbocycles. The van der Waals surface area contributed by atoms with E-state index < -0.39 is 5.97 Å². The van der Waals surface area contributed by atoms with Gasteiger partial charge in [-0.2, -0.15) is 0 Å². The second-order valence-corrected chi connectivity index (χ2v) is 6.54. The number of aromatic nitrogens is 2. The minimum atomic E-state index is -1.17. The average Bonchev–Trinajstić information content (AvgIpc) is 2.56. The third kappa shape index (κ3) is 4.62. The number of rotatable bonds is 6. The van der Waals surface area contributed by atoms with Gasteiger partial charge in [0.2, 0.25) is 0 Å². The van der Waals surface area contributed by atoms with Crippen LogP contribution in [0.4, 0.5) is 0 Å². The summed E-state index contributed by atoms with van der Waals surface area (Å²) in [4.78, 5) is 33.3. The van der Waals surface area contributed by atoms with Crippen LogP contribution >= 0.6 is 0 Å². The Morgan fingerprint density at radius 2 is 1.64 bits per heavy atom. The van der Waals surface area contributed by atoms with E-state index in [1.165, 1.54) is 6.20 Å². The summed E-state index contributed by atoms with van der Waals surface area (Å²) in [5, 5.41) is 8.90. The van der Waals surface area contributed by atoms with Gasteiger partial charge in [0.1, 0.15) is 5.69 Å². The van der Waals surface area contributed by atoms with E-state index in [1.807, 2.05) is 45.9 Å². The Bertz CT molecular complexity index is 750. The molecule has 6 nitrogen and oxygen atoms in total. The number of hydrogen-bond donors (Lipinski definition) is 1. The monoisotopic (exact) mass is 341 g/mol. The highest BCUT2D eigenvalue weighted by atomic mass is 16.4. The minimum absolute atomic E-state index is 0.150. The first kappa shape index (κ1) is 18.6. The van der Waals surface area contributed by atoms with Gasteiger partial charge < -0.3 is 10.0 Å². The lowest BCUT2D eigenvalue weighted by Gasteiger charge is -2.26. The molecule has 132 valence electrons. The van der Waals surface area contributed by atoms with Gasteiger partial charge in [-0.3, -0.25) is 4.79 Å². The van der Waals surface area contributed by atoms with Gasteiger partial charge >= 0.3 is 5.97 Å². The molecule has 1 heterocycles. The third-order valence-electron chi connectivity index (χ3n) is 3.96. The third-order valence-corrected chi connectivity index (χ3v) is 3.96. The van der Waals surface area contributed by atoms with Crippen molar-refractivity contribution in [3.05, 3.63) is 58.7 Å². The van der Waals surface area contributed by atoms with E-state index in [1.54, 1.807) is 4.90 Å². The van der Waals surface area contributed by atoms with Gasteiger partial charge in [0, 0.05) is 13.1 Å². The normalized spacial score (nSPS) is 10.8. The van der Waals surface area contributed by atoms with E-state index in [4.69, 9.17) is 5.11 Å². The summed E-state index contributed by atoms with van der Waals surface area (Å²) in [6, 6.07) is 6.06. The second-order valence-electron chi connectivity index (χ2n) is 6.54. The number of nitrogens with zero attached hydrogens (tertiary/aromatic N) is 3. The molecule has 1 N–H and O–H groups in total. The highest BCUT2D eigenvalue weighted by Crippen LogP contribution is 2.18. The number of hydrogen-bond acceptors (Lipinski definition) is 4. The maximum atomic E-state index is 12.9. The van der Waals surface area contributed by atoms with Crippen LogP contribution in [0, 0.1) is 19.8 Å². The van der Waals surface area contributed by atoms with E-state index in [2.05, 4.69) is 9.97 Å². The summed E-state index contributed by atoms with van der Waals surface area (Å²) < 4.78 is 0. The van der Waals surface area contributed by atoms with Crippen LogP contribution in [0.25, 0.3) is 0 Å². The van der Waals surface area contributed by atoms with Crippen LogP contribution in [-0.4, -0.2) is 38.4 Å². The van der Waals surface area contributed by atoms with E-state index in [0.29, 0.717) is 19.0 Å². The molecule has 0 fully saturated rings. The topological polar surface area (TPSA) is 83.4 Å². The fraction of sp³-hybridized carbons (Fsp3) is 0.368. The standard InChI is InChI=1S/C19H23N3O3/c1-12(2)10-22(11-15-13(3)6-5-7-14(15)4)18(23)16-8-21-17(9-20-16)19(24)25/h5-9,12H,10-11H2,1-4H3,(H,24,25). The van der Waals surface area contributed by atoms with Gasteiger partial charge in [-0.25, -0.2) is 14.8 Å². The van der Waals surface area contributed by atoms with E-state index in [-0.39, 0.29) is 17.3 Å². The Morgan fingerprint density at radius 1 is 1.08 bits per heavy atom. The Hall–Kier alpha value is -2.76. The number of amides is 1. The quantitative estimate of drug-likeness (QED) is 0.873. The van der Waals surface area contributed by atoms with Crippen molar-refractivity contribution in [3.63, 3.8) is 0 Å². The molecule has 0 saturated heterocycles. The Balaban J connectivity index is 2.30. The molecular formula is C19H23N3O3. The molecule has 1 aromatic heterocycles. The molecule has 0 spiro atoms. The number of carbonyl (C=O) groups excluding carboxylic acids is 1. The molecule has 0 aliphatic rings. The SMILES string of the molecule is Cc1cccc(C)c1CN(CC(C)C)C(=O)c1cnc(C(=O)O)cn1. The van der Waals surface area contributed by atoms with Crippen LogP contribution in [0.1, 0.15) is 51.5 Å². The van der Waals surface area contributed by atoms with Gasteiger partial charge in [0.25, 0.3) is 5.91 Å². The predicted octanol–water partition coefficient (Wildman–Crippen LogP) is 3.09. The van der Waals surface area contributed by atoms with Crippen molar-refractivity contribution in [1.82, 2.24) is 14.9 Å². The van der Waals surface area contributed by atoms with Gasteiger partial charge in [0.05, 0.1) is 12.4 Å². The van der Waals surface area contributed by atoms with Gasteiger partial charge in [-0.05, 0) is 36.5 Å². The zero-order valence-corrected chi connectivity index (χ0v) is 15.0. The molecular weight excluding hydrogens is 318 g/mol. The molecule has 0 aliphatic heterocycles. The lowest BCUT2D eigenvalue weighted by molar-refractivity contribution is 0.0681. The largest absolute Gasteiger partial charge is 0.476 e. The van der Waals surface area contributed by atoms with Gasteiger partial charge in [-0.15, -0.1) is 0 Å². The fourth-order valence-corrected chi connectivity index (χ4v) is 2.66. The van der Waals surface area contributed by atoms with Crippen molar-refractivity contribution >= 4 is 11.9 Å². The van der Waals surface area contributed by atoms with Gasteiger partial charge in [-0.1, -0.05) is 32.0 Å². The molecule has 0 radical (unpaired) electrons. The molecule has 0 aliphatic carbocycles. The number of aromatic carboxylic acids is 1. The average molecular weight is 341 g/mol. The molecule has 0 bridgehead atoms. The number of carboxylic acid groups (broad SMARTS) is 1. The molecule has 6 heteroatoms. The molecule has 1 amide bonds. The molecule has 0 atom stereocenters. The Morgan fingerprint density at radius 3 is 2.12 bits per heavy atom.